The van der Waals surface area contributed by atoms with Crippen LogP contribution in [0, 0.1) is 54.7 Å². The summed E-state index contributed by atoms with van der Waals surface area (Å²) in [7, 11) is 0. The average Bonchev–Trinajstić information content (AvgIpc) is 1.56. The van der Waals surface area contributed by atoms with Crippen molar-refractivity contribution in [2.24, 2.45) is 54.7 Å². The fourth-order valence-corrected chi connectivity index (χ4v) is 21.7. The van der Waals surface area contributed by atoms with Gasteiger partial charge >= 0.3 is 6.18 Å². The molecule has 7 saturated heterocycles. The smallest absolute Gasteiger partial charge is 0.396 e. The molecule has 0 amide bonds. The second-order valence-electron chi connectivity index (χ2n) is 53.6. The summed E-state index contributed by atoms with van der Waals surface area (Å²) in [6.07, 6.45) is 12.6. The summed E-state index contributed by atoms with van der Waals surface area (Å²) in [6.45, 7) is 101. The lowest BCUT2D eigenvalue weighted by Gasteiger charge is -2.54. The first-order valence-electron chi connectivity index (χ1n) is 51.1. The van der Waals surface area contributed by atoms with Crippen LogP contribution in [-0.4, -0.2) is 332 Å². The molecule has 2 saturated carbocycles. The molecular formula is C107H210F3N7O14. The van der Waals surface area contributed by atoms with Crippen LogP contribution in [0.2, 0.25) is 0 Å². The zero-order chi connectivity index (χ0) is 101. The van der Waals surface area contributed by atoms with Crippen LogP contribution in [-0.2, 0) is 33.2 Å². The molecule has 9 fully saturated rings. The van der Waals surface area contributed by atoms with Crippen molar-refractivity contribution in [2.75, 3.05) is 145 Å². The summed E-state index contributed by atoms with van der Waals surface area (Å²) in [5, 5.41) is 70.2. The maximum atomic E-state index is 13.2. The zero-order valence-corrected chi connectivity index (χ0v) is 92.0. The number of halogens is 3. The lowest BCUT2D eigenvalue weighted by atomic mass is 9.50. The Balaban J connectivity index is 0.000000321. The van der Waals surface area contributed by atoms with Crippen LogP contribution in [0.3, 0.4) is 0 Å². The van der Waals surface area contributed by atoms with Crippen molar-refractivity contribution in [3.63, 3.8) is 0 Å². The Labute approximate surface area is 801 Å². The molecule has 7 aliphatic heterocycles. The molecule has 15 unspecified atom stereocenters. The van der Waals surface area contributed by atoms with Crippen molar-refractivity contribution >= 4 is 0 Å². The molecule has 10 rings (SSSR count). The van der Waals surface area contributed by atoms with Crippen LogP contribution in [0.4, 0.5) is 13.2 Å². The fourth-order valence-electron chi connectivity index (χ4n) is 21.7. The Morgan fingerprint density at radius 2 is 0.771 bits per heavy atom. The number of fused-ring (bicyclic) bond motifs is 3. The van der Waals surface area contributed by atoms with E-state index in [1.54, 1.807) is 20.8 Å². The number of nitrogens with zero attached hydrogens (tertiary/aromatic N) is 7. The van der Waals surface area contributed by atoms with Crippen molar-refractivity contribution < 1.29 is 82.1 Å². The molecule has 131 heavy (non-hydrogen) atoms. The molecule has 21 nitrogen and oxygen atoms in total. The summed E-state index contributed by atoms with van der Waals surface area (Å²) in [5.74, 6) is 0.373. The minimum absolute atomic E-state index is 0.0132. The minimum atomic E-state index is -4.46. The minimum Gasteiger partial charge on any atom is -0.396 e. The second kappa shape index (κ2) is 47.3. The molecule has 0 aromatic carbocycles. The van der Waals surface area contributed by atoms with Gasteiger partial charge in [0.25, 0.3) is 0 Å². The van der Waals surface area contributed by atoms with E-state index in [2.05, 4.69) is 249 Å². The SMILES string of the molecule is CC(C)(C)OCCC12CCC1(CO)CN(C(C)(C)C)C2.CC(C)(C)OCCC12CCCC1(CO)CN(C(C)(C)C)C2.CC(C)(C)OCN1C(C(C)(C)C)CC(O)C1C(F)(F)F.CC(C)OCC(O)C1CCCN1C(C)(C)C.CC(C)OCC(O)C1CCN(C(C)(C)C)C1.CC(C)OCC1(C)CN(C(C)(C)C)CC1(C)CO.CC(C)OCC12CC=CCC1(CO)CN(C(C)(C)C)C2. The van der Waals surface area contributed by atoms with Gasteiger partial charge in [0.15, 0.2) is 0 Å². The largest absolute Gasteiger partial charge is 0.406 e. The van der Waals surface area contributed by atoms with Gasteiger partial charge in [0.1, 0.15) is 12.8 Å². The summed E-state index contributed by atoms with van der Waals surface area (Å²) >= 11 is 0. The number of aliphatic hydroxyl groups is 7. The fraction of sp³-hybridized carbons (Fsp3) is 0.981. The summed E-state index contributed by atoms with van der Waals surface area (Å²) in [5.41, 5.74) is 0.708. The van der Waals surface area contributed by atoms with Gasteiger partial charge in [-0.15, -0.1) is 0 Å². The Kier molecular flexibility index (Phi) is 44.0. The average molecular weight is 1880 g/mol. The van der Waals surface area contributed by atoms with Gasteiger partial charge < -0.3 is 68.9 Å². The molecular weight excluding hydrogens is 1660 g/mol. The van der Waals surface area contributed by atoms with E-state index >= 15 is 0 Å². The summed E-state index contributed by atoms with van der Waals surface area (Å²) in [4.78, 5) is 16.2. The predicted molar refractivity (Wildman–Crippen MR) is 533 cm³/mol. The monoisotopic (exact) mass is 1870 g/mol. The normalized spacial score (nSPS) is 31.7. The molecule has 24 heteroatoms. The predicted octanol–water partition coefficient (Wildman–Crippen LogP) is 19.0. The quantitative estimate of drug-likeness (QED) is 0.0399. The molecule has 0 aromatic heterocycles. The van der Waals surface area contributed by atoms with Crippen LogP contribution in [0.25, 0.3) is 0 Å². The van der Waals surface area contributed by atoms with E-state index < -0.39 is 23.9 Å². The Hall–Kier alpha value is -1.31. The molecule has 7 N–H and O–H groups in total. The maximum Gasteiger partial charge on any atom is 0.406 e. The molecule has 778 valence electrons. The number of alkyl halides is 3. The Morgan fingerprint density at radius 3 is 1.15 bits per heavy atom. The first-order valence-corrected chi connectivity index (χ1v) is 51.1. The van der Waals surface area contributed by atoms with Gasteiger partial charge in [0.2, 0.25) is 0 Å². The third kappa shape index (κ3) is 34.2. The van der Waals surface area contributed by atoms with Gasteiger partial charge in [0, 0.05) is 156 Å². The summed E-state index contributed by atoms with van der Waals surface area (Å²) < 4.78 is 79.9. The topological polar surface area (TPSA) is 229 Å². The van der Waals surface area contributed by atoms with Crippen LogP contribution in [0.15, 0.2) is 12.2 Å². The molecule has 10 aliphatic rings. The number of ether oxygens (including phenoxy) is 7. The molecule has 0 aromatic rings. The number of rotatable bonds is 26. The van der Waals surface area contributed by atoms with Crippen molar-refractivity contribution in [2.45, 2.75) is 477 Å². The highest BCUT2D eigenvalue weighted by molar-refractivity contribution is 5.19. The maximum absolute atomic E-state index is 13.2. The molecule has 0 radical (unpaired) electrons. The Morgan fingerprint density at radius 1 is 0.397 bits per heavy atom. The number of likely N-dealkylation sites (tertiary alicyclic amines) is 7. The van der Waals surface area contributed by atoms with Crippen LogP contribution in [0.1, 0.15) is 360 Å². The summed E-state index contributed by atoms with van der Waals surface area (Å²) in [6, 6.07) is -1.96. The highest BCUT2D eigenvalue weighted by Gasteiger charge is 2.66. The van der Waals surface area contributed by atoms with Crippen molar-refractivity contribution in [1.29, 1.82) is 0 Å². The zero-order valence-electron chi connectivity index (χ0n) is 92.0. The lowest BCUT2D eigenvalue weighted by Crippen LogP contribution is -2.53. The van der Waals surface area contributed by atoms with Gasteiger partial charge in [-0.2, -0.15) is 13.2 Å². The number of hydrogen-bond donors (Lipinski definition) is 7. The highest BCUT2D eigenvalue weighted by Crippen LogP contribution is 2.65. The van der Waals surface area contributed by atoms with Crippen molar-refractivity contribution in [3.05, 3.63) is 12.2 Å². The Bertz CT molecular complexity index is 3330. The molecule has 3 aliphatic carbocycles. The molecule has 15 atom stereocenters. The first kappa shape index (κ1) is 122. The lowest BCUT2D eigenvalue weighted by molar-refractivity contribution is -0.216. The molecule has 7 heterocycles. The van der Waals surface area contributed by atoms with Gasteiger partial charge in [0.05, 0.1) is 112 Å². The first-order chi connectivity index (χ1) is 59.2. The third-order valence-corrected chi connectivity index (χ3v) is 31.3. The van der Waals surface area contributed by atoms with E-state index in [0.29, 0.717) is 39.0 Å². The van der Waals surface area contributed by atoms with E-state index in [4.69, 9.17) is 33.2 Å². The molecule has 0 bridgehead atoms. The van der Waals surface area contributed by atoms with Crippen LogP contribution < -0.4 is 0 Å². The van der Waals surface area contributed by atoms with Crippen LogP contribution in [0.5, 0.6) is 0 Å². The van der Waals surface area contributed by atoms with E-state index in [9.17, 15) is 48.9 Å². The van der Waals surface area contributed by atoms with E-state index in [0.717, 1.165) is 130 Å². The third-order valence-electron chi connectivity index (χ3n) is 31.3. The van der Waals surface area contributed by atoms with Gasteiger partial charge in [-0.3, -0.25) is 34.3 Å². The van der Waals surface area contributed by atoms with Gasteiger partial charge in [-0.1, -0.05) is 53.2 Å². The van der Waals surface area contributed by atoms with Crippen molar-refractivity contribution in [3.8, 4) is 0 Å². The second-order valence-corrected chi connectivity index (χ2v) is 53.6. The van der Waals surface area contributed by atoms with E-state index in [1.807, 2.05) is 48.5 Å². The van der Waals surface area contributed by atoms with E-state index in [1.165, 1.54) is 43.4 Å². The van der Waals surface area contributed by atoms with Gasteiger partial charge in [-0.05, 0) is 349 Å². The van der Waals surface area contributed by atoms with Crippen molar-refractivity contribution in [1.82, 2.24) is 34.3 Å². The van der Waals surface area contributed by atoms with E-state index in [-0.39, 0.29) is 168 Å². The molecule has 0 spiro atoms. The number of hydrogen-bond acceptors (Lipinski definition) is 21. The highest BCUT2D eigenvalue weighted by atomic mass is 19.4. The van der Waals surface area contributed by atoms with Crippen LogP contribution >= 0.6 is 0 Å². The number of allylic oxidation sites excluding steroid dienone is 2. The number of aliphatic hydroxyl groups excluding tert-OH is 7. The standard InChI is InChI=1S/C18H35NO2.C17H33NO2.C17H31NO2.C15H31NO2.C14H26F3NO2.2C13H27NO2/c1-15(2,3)19-12-17(10-11-21-16(4,5)6)8-7-9-18(17,13-19)14-20;1-14(2,3)18-11-16(9-10-20-15(4,5)6)7-8-17(16,12-18)13-19;1-14(2)20-13-17-9-7-6-8-16(17,12-19)10-18(11-17)15(3,4)5;1-12(2)18-11-15(7)9-16(13(3,4)5)8-14(15,6)10-17;1-12(2,3)10-7-9(19)11(14(15,16)17)18(10)8-20-13(4,5)6;1-10(2)16-9-12(15)11-6-7-14(8-11)13(3,4)5;1-10(2)16-9-12(15)11-7-6-8-14(11)13(3,4)5/h20H,7-14H2,1-6H3;19H,7-13H2,1-6H3;6-7,14,19H,8-13H2,1-5H3;12,17H,8-11H2,1-7H3;9-11,19H,7-8H2,1-6H3;2*10-12,15H,6-9H2,1-5H3. The van der Waals surface area contributed by atoms with Gasteiger partial charge in [-0.25, -0.2) is 0 Å².